The Morgan fingerprint density at radius 3 is 2.71 bits per heavy atom. The van der Waals surface area contributed by atoms with Gasteiger partial charge in [0.05, 0.1) is 13.2 Å². The van der Waals surface area contributed by atoms with Gasteiger partial charge >= 0.3 is 0 Å². The largest absolute Gasteiger partial charge is 0.493 e. The minimum atomic E-state index is -0.134. The lowest BCUT2D eigenvalue weighted by Crippen LogP contribution is -2.19. The minimum Gasteiger partial charge on any atom is -0.493 e. The van der Waals surface area contributed by atoms with Crippen molar-refractivity contribution in [1.82, 2.24) is 4.57 Å². The van der Waals surface area contributed by atoms with Gasteiger partial charge in [0.2, 0.25) is 6.79 Å². The van der Waals surface area contributed by atoms with E-state index >= 15 is 0 Å². The number of fused-ring (bicyclic) bond motifs is 1. The lowest BCUT2D eigenvalue weighted by Gasteiger charge is -2.11. The van der Waals surface area contributed by atoms with Crippen LogP contribution < -0.4 is 19.8 Å². The number of aromatic nitrogens is 1. The Morgan fingerprint density at radius 2 is 2.00 bits per heavy atom. The fraction of sp³-hybridized carbons (Fsp3) is 0.389. The Kier molecular flexibility index (Phi) is 5.00. The van der Waals surface area contributed by atoms with Gasteiger partial charge in [0.25, 0.3) is 5.56 Å². The molecule has 1 aliphatic heterocycles. The molecule has 0 saturated carbocycles. The highest BCUT2D eigenvalue weighted by Gasteiger charge is 2.17. The van der Waals surface area contributed by atoms with Crippen LogP contribution in [0.3, 0.4) is 0 Å². The number of rotatable bonds is 6. The van der Waals surface area contributed by atoms with Crippen molar-refractivity contribution in [2.75, 3.05) is 13.4 Å². The molecule has 0 N–H and O–H groups in total. The summed E-state index contributed by atoms with van der Waals surface area (Å²) in [6, 6.07) is 6.82. The van der Waals surface area contributed by atoms with Gasteiger partial charge in [-0.1, -0.05) is 25.4 Å². The van der Waals surface area contributed by atoms with Crippen LogP contribution in [0.15, 0.2) is 35.3 Å². The fourth-order valence-corrected chi connectivity index (χ4v) is 2.60. The van der Waals surface area contributed by atoms with Crippen molar-refractivity contribution in [1.29, 1.82) is 0 Å². The van der Waals surface area contributed by atoms with Crippen LogP contribution in [0.2, 0.25) is 5.02 Å². The van der Waals surface area contributed by atoms with E-state index in [-0.39, 0.29) is 12.4 Å². The summed E-state index contributed by atoms with van der Waals surface area (Å²) < 4.78 is 17.8. The summed E-state index contributed by atoms with van der Waals surface area (Å²) in [6.45, 7) is 5.43. The van der Waals surface area contributed by atoms with Gasteiger partial charge in [-0.2, -0.15) is 0 Å². The zero-order valence-electron chi connectivity index (χ0n) is 13.8. The van der Waals surface area contributed by atoms with E-state index in [2.05, 4.69) is 13.8 Å². The lowest BCUT2D eigenvalue weighted by atomic mass is 10.1. The number of hydrogen-bond donors (Lipinski definition) is 0. The monoisotopic (exact) mass is 349 g/mol. The molecule has 0 bridgehead atoms. The SMILES string of the molecule is CC(C)CCOc1ccn(Cc2cc3c(cc2Cl)OCO3)c(=O)c1. The summed E-state index contributed by atoms with van der Waals surface area (Å²) in [4.78, 5) is 12.3. The summed E-state index contributed by atoms with van der Waals surface area (Å²) in [5.74, 6) is 2.44. The Morgan fingerprint density at radius 1 is 1.25 bits per heavy atom. The average Bonchev–Trinajstić information content (AvgIpc) is 2.96. The molecule has 24 heavy (non-hydrogen) atoms. The molecule has 1 aliphatic rings. The normalized spacial score (nSPS) is 12.7. The molecule has 2 aromatic rings. The molecular weight excluding hydrogens is 330 g/mol. The highest BCUT2D eigenvalue weighted by atomic mass is 35.5. The van der Waals surface area contributed by atoms with Crippen molar-refractivity contribution in [3.63, 3.8) is 0 Å². The highest BCUT2D eigenvalue weighted by molar-refractivity contribution is 6.31. The molecule has 2 heterocycles. The average molecular weight is 350 g/mol. The molecule has 0 radical (unpaired) electrons. The number of ether oxygens (including phenoxy) is 3. The van der Waals surface area contributed by atoms with Crippen molar-refractivity contribution in [3.8, 4) is 17.2 Å². The molecule has 1 aromatic carbocycles. The molecule has 6 heteroatoms. The standard InChI is InChI=1S/C18H20ClNO4/c1-12(2)4-6-22-14-3-5-20(18(21)8-14)10-13-7-16-17(9-15(13)19)24-11-23-16/h3,5,7-9,12H,4,6,10-11H2,1-2H3. The smallest absolute Gasteiger partial charge is 0.254 e. The zero-order chi connectivity index (χ0) is 17.1. The van der Waals surface area contributed by atoms with Gasteiger partial charge < -0.3 is 18.8 Å². The van der Waals surface area contributed by atoms with Crippen molar-refractivity contribution in [3.05, 3.63) is 51.4 Å². The first-order valence-corrected chi connectivity index (χ1v) is 8.32. The molecule has 1 aromatic heterocycles. The first-order valence-electron chi connectivity index (χ1n) is 7.94. The van der Waals surface area contributed by atoms with Gasteiger partial charge in [-0.3, -0.25) is 4.79 Å². The number of nitrogens with zero attached hydrogens (tertiary/aromatic N) is 1. The summed E-state index contributed by atoms with van der Waals surface area (Å²) in [5.41, 5.74) is 0.669. The molecule has 0 amide bonds. The Balaban J connectivity index is 1.73. The number of hydrogen-bond acceptors (Lipinski definition) is 4. The van der Waals surface area contributed by atoms with E-state index < -0.39 is 0 Å². The third kappa shape index (κ3) is 3.85. The molecule has 0 atom stereocenters. The van der Waals surface area contributed by atoms with Crippen molar-refractivity contribution >= 4 is 11.6 Å². The second-order valence-corrected chi connectivity index (χ2v) is 6.56. The first-order chi connectivity index (χ1) is 11.5. The number of pyridine rings is 1. The van der Waals surface area contributed by atoms with E-state index in [0.29, 0.717) is 41.3 Å². The number of benzene rings is 1. The van der Waals surface area contributed by atoms with Crippen LogP contribution in [0.25, 0.3) is 0 Å². The van der Waals surface area contributed by atoms with Crippen LogP contribution in [-0.2, 0) is 6.54 Å². The van der Waals surface area contributed by atoms with Crippen LogP contribution in [-0.4, -0.2) is 18.0 Å². The van der Waals surface area contributed by atoms with Crippen LogP contribution in [0.5, 0.6) is 17.2 Å². The van der Waals surface area contributed by atoms with Gasteiger partial charge in [0.15, 0.2) is 11.5 Å². The van der Waals surface area contributed by atoms with Crippen LogP contribution in [0.4, 0.5) is 0 Å². The topological polar surface area (TPSA) is 49.7 Å². The van der Waals surface area contributed by atoms with Crippen molar-refractivity contribution < 1.29 is 14.2 Å². The molecule has 5 nitrogen and oxygen atoms in total. The van der Waals surface area contributed by atoms with Gasteiger partial charge in [0.1, 0.15) is 5.75 Å². The summed E-state index contributed by atoms with van der Waals surface area (Å²) in [5, 5.41) is 0.545. The maximum atomic E-state index is 12.3. The molecule has 3 rings (SSSR count). The van der Waals surface area contributed by atoms with E-state index in [1.54, 1.807) is 22.9 Å². The molecular formula is C18H20ClNO4. The first kappa shape index (κ1) is 16.7. The van der Waals surface area contributed by atoms with Crippen LogP contribution in [0.1, 0.15) is 25.8 Å². The van der Waals surface area contributed by atoms with Gasteiger partial charge in [0, 0.05) is 23.4 Å². The predicted molar refractivity (Wildman–Crippen MR) is 92.3 cm³/mol. The minimum absolute atomic E-state index is 0.134. The third-order valence-corrected chi connectivity index (χ3v) is 4.17. The lowest BCUT2D eigenvalue weighted by molar-refractivity contribution is 0.174. The second-order valence-electron chi connectivity index (χ2n) is 6.16. The van der Waals surface area contributed by atoms with E-state index in [0.717, 1.165) is 12.0 Å². The summed E-state index contributed by atoms with van der Waals surface area (Å²) >= 11 is 6.26. The van der Waals surface area contributed by atoms with Gasteiger partial charge in [-0.25, -0.2) is 0 Å². The van der Waals surface area contributed by atoms with Gasteiger partial charge in [-0.05, 0) is 30.0 Å². The maximum Gasteiger partial charge on any atom is 0.254 e. The molecule has 128 valence electrons. The van der Waals surface area contributed by atoms with Crippen molar-refractivity contribution in [2.45, 2.75) is 26.8 Å². The second kappa shape index (κ2) is 7.18. The zero-order valence-corrected chi connectivity index (χ0v) is 14.5. The van der Waals surface area contributed by atoms with Crippen LogP contribution >= 0.6 is 11.6 Å². The molecule has 0 fully saturated rings. The van der Waals surface area contributed by atoms with E-state index in [4.69, 9.17) is 25.8 Å². The predicted octanol–water partition coefficient (Wildman–Crippen LogP) is 3.70. The fourth-order valence-electron chi connectivity index (χ4n) is 2.39. The summed E-state index contributed by atoms with van der Waals surface area (Å²) in [6.07, 6.45) is 2.67. The molecule has 0 aliphatic carbocycles. The Bertz CT molecular complexity index is 785. The molecule has 0 saturated heterocycles. The van der Waals surface area contributed by atoms with Crippen LogP contribution in [0, 0.1) is 5.92 Å². The Hall–Kier alpha value is -2.14. The summed E-state index contributed by atoms with van der Waals surface area (Å²) in [7, 11) is 0. The van der Waals surface area contributed by atoms with Gasteiger partial charge in [-0.15, -0.1) is 0 Å². The molecule has 0 spiro atoms. The quantitative estimate of drug-likeness (QED) is 0.797. The maximum absolute atomic E-state index is 12.3. The highest BCUT2D eigenvalue weighted by Crippen LogP contribution is 2.36. The third-order valence-electron chi connectivity index (χ3n) is 3.81. The molecule has 0 unspecified atom stereocenters. The Labute approximate surface area is 145 Å². The van der Waals surface area contributed by atoms with E-state index in [9.17, 15) is 4.79 Å². The van der Waals surface area contributed by atoms with Crippen molar-refractivity contribution in [2.24, 2.45) is 5.92 Å². The van der Waals surface area contributed by atoms with E-state index in [1.165, 1.54) is 6.07 Å². The number of halogens is 1. The van der Waals surface area contributed by atoms with E-state index in [1.807, 2.05) is 6.07 Å².